The average molecular weight is 312 g/mol. The molecule has 1 aliphatic heterocycles. The maximum absolute atomic E-state index is 10.8. The molecule has 23 heavy (non-hydrogen) atoms. The second kappa shape index (κ2) is 5.77. The van der Waals surface area contributed by atoms with Crippen LogP contribution in [-0.2, 0) is 6.54 Å². The van der Waals surface area contributed by atoms with Crippen molar-refractivity contribution in [2.24, 2.45) is 5.92 Å². The molecule has 2 N–H and O–H groups in total. The standard InChI is InChI=1S/C19H24N2O2/c22-17-6-3-4-14-7-8-16(20-18(14)17)13-21-11-10-19(23)9-2-1-5-15(19)12-21/h3-4,6-8,15,22-23H,1-2,5,9-13H2/t15-,19-/m0/s1. The predicted molar refractivity (Wildman–Crippen MR) is 90.2 cm³/mol. The summed E-state index contributed by atoms with van der Waals surface area (Å²) in [5.41, 5.74) is 1.24. The summed E-state index contributed by atoms with van der Waals surface area (Å²) in [5, 5.41) is 21.7. The first-order valence-electron chi connectivity index (χ1n) is 8.66. The molecule has 4 rings (SSSR count). The number of pyridine rings is 1. The Labute approximate surface area is 136 Å². The smallest absolute Gasteiger partial charge is 0.141 e. The Morgan fingerprint density at radius 3 is 3.00 bits per heavy atom. The van der Waals surface area contributed by atoms with Crippen LogP contribution in [0, 0.1) is 5.92 Å². The number of nitrogens with zero attached hydrogens (tertiary/aromatic N) is 2. The van der Waals surface area contributed by atoms with Gasteiger partial charge in [0.25, 0.3) is 0 Å². The summed E-state index contributed by atoms with van der Waals surface area (Å²) in [6.07, 6.45) is 5.38. The van der Waals surface area contributed by atoms with Gasteiger partial charge in [-0.15, -0.1) is 0 Å². The van der Waals surface area contributed by atoms with E-state index in [1.807, 2.05) is 24.3 Å². The summed E-state index contributed by atoms with van der Waals surface area (Å²) in [5.74, 6) is 0.642. The number of para-hydroxylation sites is 1. The van der Waals surface area contributed by atoms with Crippen LogP contribution in [0.2, 0.25) is 0 Å². The van der Waals surface area contributed by atoms with E-state index in [2.05, 4.69) is 9.88 Å². The maximum Gasteiger partial charge on any atom is 0.141 e. The van der Waals surface area contributed by atoms with Crippen LogP contribution in [0.15, 0.2) is 30.3 Å². The molecule has 2 aromatic rings. The van der Waals surface area contributed by atoms with Crippen LogP contribution < -0.4 is 0 Å². The van der Waals surface area contributed by atoms with Crippen LogP contribution >= 0.6 is 0 Å². The molecular formula is C19H24N2O2. The van der Waals surface area contributed by atoms with Gasteiger partial charge in [0.1, 0.15) is 11.3 Å². The van der Waals surface area contributed by atoms with E-state index in [0.29, 0.717) is 11.4 Å². The highest BCUT2D eigenvalue weighted by Crippen LogP contribution is 2.40. The number of piperidine rings is 1. The topological polar surface area (TPSA) is 56.6 Å². The van der Waals surface area contributed by atoms with Gasteiger partial charge in [-0.3, -0.25) is 4.90 Å². The number of aliphatic hydroxyl groups is 1. The molecule has 0 radical (unpaired) electrons. The van der Waals surface area contributed by atoms with Crippen molar-refractivity contribution < 1.29 is 10.2 Å². The van der Waals surface area contributed by atoms with E-state index in [1.165, 1.54) is 12.8 Å². The molecule has 4 heteroatoms. The Hall–Kier alpha value is -1.65. The number of rotatable bonds is 2. The second-order valence-electron chi connectivity index (χ2n) is 7.18. The van der Waals surface area contributed by atoms with Crippen LogP contribution in [0.25, 0.3) is 10.9 Å². The first kappa shape index (κ1) is 14.9. The fourth-order valence-corrected chi connectivity index (χ4v) is 4.27. The Balaban J connectivity index is 1.51. The van der Waals surface area contributed by atoms with E-state index in [0.717, 1.165) is 50.0 Å². The number of aromatic nitrogens is 1. The molecular weight excluding hydrogens is 288 g/mol. The molecule has 2 atom stereocenters. The van der Waals surface area contributed by atoms with E-state index >= 15 is 0 Å². The molecule has 0 amide bonds. The second-order valence-corrected chi connectivity index (χ2v) is 7.18. The number of hydrogen-bond acceptors (Lipinski definition) is 4. The van der Waals surface area contributed by atoms with Crippen molar-refractivity contribution in [1.29, 1.82) is 0 Å². The lowest BCUT2D eigenvalue weighted by Crippen LogP contribution is -2.53. The number of likely N-dealkylation sites (tertiary alicyclic amines) is 1. The maximum atomic E-state index is 10.8. The van der Waals surface area contributed by atoms with Crippen molar-refractivity contribution in [3.05, 3.63) is 36.0 Å². The first-order chi connectivity index (χ1) is 11.1. The van der Waals surface area contributed by atoms with Gasteiger partial charge in [0, 0.05) is 30.9 Å². The summed E-state index contributed by atoms with van der Waals surface area (Å²) in [6, 6.07) is 9.56. The van der Waals surface area contributed by atoms with Crippen molar-refractivity contribution in [3.63, 3.8) is 0 Å². The number of fused-ring (bicyclic) bond motifs is 2. The summed E-state index contributed by atoms with van der Waals surface area (Å²) in [6.45, 7) is 2.67. The number of phenols is 1. The highest BCUT2D eigenvalue weighted by atomic mass is 16.3. The molecule has 1 aromatic carbocycles. The minimum atomic E-state index is -0.427. The molecule has 2 aliphatic rings. The molecule has 1 saturated carbocycles. The van der Waals surface area contributed by atoms with E-state index < -0.39 is 5.60 Å². The van der Waals surface area contributed by atoms with Gasteiger partial charge in [-0.1, -0.05) is 31.0 Å². The van der Waals surface area contributed by atoms with Crippen LogP contribution in [0.3, 0.4) is 0 Å². The van der Waals surface area contributed by atoms with Gasteiger partial charge in [-0.25, -0.2) is 4.98 Å². The van der Waals surface area contributed by atoms with Crippen LogP contribution in [-0.4, -0.2) is 38.8 Å². The van der Waals surface area contributed by atoms with E-state index in [9.17, 15) is 10.2 Å². The molecule has 0 unspecified atom stereocenters. The highest BCUT2D eigenvalue weighted by molar-refractivity contribution is 5.84. The van der Waals surface area contributed by atoms with Crippen molar-refractivity contribution in [1.82, 2.24) is 9.88 Å². The zero-order valence-electron chi connectivity index (χ0n) is 13.4. The SMILES string of the molecule is Oc1cccc2ccc(CN3CC[C@@]4(O)CCCC[C@H]4C3)nc12. The molecule has 0 spiro atoms. The number of phenolic OH excluding ortho intramolecular Hbond substituents is 1. The monoisotopic (exact) mass is 312 g/mol. The average Bonchev–Trinajstić information content (AvgIpc) is 2.56. The quantitative estimate of drug-likeness (QED) is 0.895. The molecule has 2 fully saturated rings. The largest absolute Gasteiger partial charge is 0.506 e. The molecule has 4 nitrogen and oxygen atoms in total. The summed E-state index contributed by atoms with van der Waals surface area (Å²) >= 11 is 0. The van der Waals surface area contributed by atoms with Gasteiger partial charge in [-0.05, 0) is 31.4 Å². The zero-order valence-corrected chi connectivity index (χ0v) is 13.4. The third-order valence-corrected chi connectivity index (χ3v) is 5.65. The molecule has 1 aliphatic carbocycles. The summed E-state index contributed by atoms with van der Waals surface area (Å²) in [7, 11) is 0. The van der Waals surface area contributed by atoms with E-state index in [4.69, 9.17) is 0 Å². The Kier molecular flexibility index (Phi) is 3.74. The summed E-state index contributed by atoms with van der Waals surface area (Å²) in [4.78, 5) is 7.04. The Morgan fingerprint density at radius 1 is 1.17 bits per heavy atom. The number of hydrogen-bond donors (Lipinski definition) is 2. The van der Waals surface area contributed by atoms with Gasteiger partial charge in [0.2, 0.25) is 0 Å². The third kappa shape index (κ3) is 2.81. The number of aromatic hydroxyl groups is 1. The lowest BCUT2D eigenvalue weighted by atomic mass is 9.71. The molecule has 2 heterocycles. The molecule has 0 bridgehead atoms. The van der Waals surface area contributed by atoms with E-state index in [1.54, 1.807) is 6.07 Å². The minimum absolute atomic E-state index is 0.240. The highest BCUT2D eigenvalue weighted by Gasteiger charge is 2.42. The Bertz CT molecular complexity index is 718. The van der Waals surface area contributed by atoms with Crippen molar-refractivity contribution in [2.45, 2.75) is 44.2 Å². The zero-order chi connectivity index (χ0) is 15.9. The first-order valence-corrected chi connectivity index (χ1v) is 8.66. The fourth-order valence-electron chi connectivity index (χ4n) is 4.27. The van der Waals surface area contributed by atoms with Crippen LogP contribution in [0.5, 0.6) is 5.75 Å². The minimum Gasteiger partial charge on any atom is -0.506 e. The van der Waals surface area contributed by atoms with Crippen molar-refractivity contribution in [2.75, 3.05) is 13.1 Å². The molecule has 1 saturated heterocycles. The molecule has 1 aromatic heterocycles. The van der Waals surface area contributed by atoms with Crippen molar-refractivity contribution in [3.8, 4) is 5.75 Å². The Morgan fingerprint density at radius 2 is 2.09 bits per heavy atom. The van der Waals surface area contributed by atoms with Gasteiger partial charge < -0.3 is 10.2 Å². The van der Waals surface area contributed by atoms with Gasteiger partial charge >= 0.3 is 0 Å². The lowest BCUT2D eigenvalue weighted by Gasteiger charge is -2.47. The third-order valence-electron chi connectivity index (χ3n) is 5.65. The predicted octanol–water partition coefficient (Wildman–Crippen LogP) is 3.07. The number of benzene rings is 1. The van der Waals surface area contributed by atoms with Crippen LogP contribution in [0.1, 0.15) is 37.8 Å². The molecule has 122 valence electrons. The van der Waals surface area contributed by atoms with Gasteiger partial charge in [0.15, 0.2) is 0 Å². The van der Waals surface area contributed by atoms with E-state index in [-0.39, 0.29) is 5.75 Å². The van der Waals surface area contributed by atoms with Crippen molar-refractivity contribution >= 4 is 10.9 Å². The van der Waals surface area contributed by atoms with Gasteiger partial charge in [0.05, 0.1) is 11.3 Å². The fraction of sp³-hybridized carbons (Fsp3) is 0.526. The lowest BCUT2D eigenvalue weighted by molar-refractivity contribution is -0.0969. The normalized spacial score (nSPS) is 28.7. The van der Waals surface area contributed by atoms with Crippen LogP contribution in [0.4, 0.5) is 0 Å². The van der Waals surface area contributed by atoms with Gasteiger partial charge in [-0.2, -0.15) is 0 Å². The summed E-state index contributed by atoms with van der Waals surface area (Å²) < 4.78 is 0.